The zero-order valence-electron chi connectivity index (χ0n) is 10.2. The predicted molar refractivity (Wildman–Crippen MR) is 71.2 cm³/mol. The van der Waals surface area contributed by atoms with E-state index in [4.69, 9.17) is 0 Å². The Morgan fingerprint density at radius 2 is 2.24 bits per heavy atom. The monoisotopic (exact) mass is 247 g/mol. The maximum Gasteiger partial charge on any atom is 0.0802 e. The second-order valence-corrected chi connectivity index (χ2v) is 4.81. The summed E-state index contributed by atoms with van der Waals surface area (Å²) in [5.74, 6) is 0. The quantitative estimate of drug-likeness (QED) is 0.882. The van der Waals surface area contributed by atoms with Gasteiger partial charge in [-0.3, -0.25) is 9.97 Å². The summed E-state index contributed by atoms with van der Waals surface area (Å²) >= 11 is 1.71. The third kappa shape index (κ3) is 3.11. The Hall–Kier alpha value is -1.26. The molecule has 2 rings (SSSR count). The molecule has 0 saturated heterocycles. The maximum absolute atomic E-state index is 4.47. The van der Waals surface area contributed by atoms with Gasteiger partial charge < -0.3 is 5.32 Å². The fraction of sp³-hybridized carbons (Fsp3) is 0.385. The van der Waals surface area contributed by atoms with E-state index in [2.05, 4.69) is 39.0 Å². The molecular formula is C13H17N3S. The summed E-state index contributed by atoms with van der Waals surface area (Å²) in [5.41, 5.74) is 3.21. The molecular weight excluding hydrogens is 230 g/mol. The van der Waals surface area contributed by atoms with Crippen molar-refractivity contribution in [3.05, 3.63) is 46.2 Å². The van der Waals surface area contributed by atoms with Crippen LogP contribution in [-0.2, 0) is 0 Å². The van der Waals surface area contributed by atoms with E-state index in [-0.39, 0.29) is 6.04 Å². The van der Waals surface area contributed by atoms with Crippen LogP contribution in [0.15, 0.2) is 29.2 Å². The van der Waals surface area contributed by atoms with Crippen LogP contribution in [0.5, 0.6) is 0 Å². The summed E-state index contributed by atoms with van der Waals surface area (Å²) in [4.78, 5) is 8.79. The first-order chi connectivity index (χ1) is 8.31. The molecule has 90 valence electrons. The lowest BCUT2D eigenvalue weighted by molar-refractivity contribution is 0.585. The largest absolute Gasteiger partial charge is 0.305 e. The standard InChI is InChI=1S/C13H17N3S/c1-3-5-14-13(11-4-6-17-9-11)12-8-15-10(2)7-16-12/h4,6-9,13-14H,3,5H2,1-2H3. The van der Waals surface area contributed by atoms with Crippen LogP contribution in [0, 0.1) is 6.92 Å². The zero-order valence-corrected chi connectivity index (χ0v) is 11.0. The molecule has 4 heteroatoms. The van der Waals surface area contributed by atoms with E-state index in [1.54, 1.807) is 11.3 Å². The molecule has 0 aliphatic heterocycles. The molecule has 1 N–H and O–H groups in total. The molecule has 0 radical (unpaired) electrons. The average Bonchev–Trinajstić information content (AvgIpc) is 2.85. The van der Waals surface area contributed by atoms with Crippen molar-refractivity contribution < 1.29 is 0 Å². The van der Waals surface area contributed by atoms with Crippen LogP contribution in [0.2, 0.25) is 0 Å². The van der Waals surface area contributed by atoms with Gasteiger partial charge in [-0.25, -0.2) is 0 Å². The number of aromatic nitrogens is 2. The van der Waals surface area contributed by atoms with E-state index in [1.165, 1.54) is 5.56 Å². The Bertz CT molecular complexity index is 436. The van der Waals surface area contributed by atoms with Gasteiger partial charge in [-0.2, -0.15) is 11.3 Å². The lowest BCUT2D eigenvalue weighted by Gasteiger charge is -2.16. The van der Waals surface area contributed by atoms with E-state index >= 15 is 0 Å². The number of hydrogen-bond acceptors (Lipinski definition) is 4. The lowest BCUT2D eigenvalue weighted by Crippen LogP contribution is -2.23. The Morgan fingerprint density at radius 3 is 2.82 bits per heavy atom. The van der Waals surface area contributed by atoms with Gasteiger partial charge in [0, 0.05) is 6.20 Å². The first kappa shape index (κ1) is 12.2. The Balaban J connectivity index is 2.23. The highest BCUT2D eigenvalue weighted by Crippen LogP contribution is 2.22. The molecule has 0 amide bonds. The third-order valence-corrected chi connectivity index (χ3v) is 3.27. The number of thiophene rings is 1. The number of nitrogens with one attached hydrogen (secondary N) is 1. The zero-order chi connectivity index (χ0) is 12.1. The number of nitrogens with zero attached hydrogens (tertiary/aromatic N) is 2. The summed E-state index contributed by atoms with van der Waals surface area (Å²) in [5, 5.41) is 7.77. The Kier molecular flexibility index (Phi) is 4.23. The minimum Gasteiger partial charge on any atom is -0.305 e. The summed E-state index contributed by atoms with van der Waals surface area (Å²) in [7, 11) is 0. The number of aryl methyl sites for hydroxylation is 1. The fourth-order valence-electron chi connectivity index (χ4n) is 1.67. The third-order valence-electron chi connectivity index (χ3n) is 2.57. The van der Waals surface area contributed by atoms with Gasteiger partial charge in [0.05, 0.1) is 23.6 Å². The predicted octanol–water partition coefficient (Wildman–Crippen LogP) is 2.94. The molecule has 0 fully saturated rings. The lowest BCUT2D eigenvalue weighted by atomic mass is 10.1. The summed E-state index contributed by atoms with van der Waals surface area (Å²) in [6.07, 6.45) is 4.79. The molecule has 3 nitrogen and oxygen atoms in total. The van der Waals surface area contributed by atoms with Crippen molar-refractivity contribution in [2.45, 2.75) is 26.3 Å². The minimum atomic E-state index is 0.161. The van der Waals surface area contributed by atoms with Crippen LogP contribution in [0.25, 0.3) is 0 Å². The minimum absolute atomic E-state index is 0.161. The highest BCUT2D eigenvalue weighted by atomic mass is 32.1. The first-order valence-corrected chi connectivity index (χ1v) is 6.79. The van der Waals surface area contributed by atoms with Crippen molar-refractivity contribution in [2.75, 3.05) is 6.54 Å². The molecule has 0 aromatic carbocycles. The smallest absolute Gasteiger partial charge is 0.0802 e. The van der Waals surface area contributed by atoms with Crippen LogP contribution >= 0.6 is 11.3 Å². The molecule has 0 bridgehead atoms. The van der Waals surface area contributed by atoms with E-state index in [1.807, 2.05) is 19.3 Å². The SMILES string of the molecule is CCCNC(c1ccsc1)c1cnc(C)cn1. The van der Waals surface area contributed by atoms with Crippen LogP contribution in [0.3, 0.4) is 0 Å². The van der Waals surface area contributed by atoms with E-state index in [9.17, 15) is 0 Å². The van der Waals surface area contributed by atoms with Gasteiger partial charge in [0.2, 0.25) is 0 Å². The van der Waals surface area contributed by atoms with Crippen molar-refractivity contribution in [3.63, 3.8) is 0 Å². The van der Waals surface area contributed by atoms with E-state index in [0.29, 0.717) is 0 Å². The Morgan fingerprint density at radius 1 is 1.35 bits per heavy atom. The van der Waals surface area contributed by atoms with Gasteiger partial charge in [-0.1, -0.05) is 6.92 Å². The maximum atomic E-state index is 4.47. The van der Waals surface area contributed by atoms with Crippen LogP contribution < -0.4 is 5.32 Å². The molecule has 1 atom stereocenters. The molecule has 2 aromatic heterocycles. The molecule has 0 aliphatic carbocycles. The molecule has 17 heavy (non-hydrogen) atoms. The Labute approximate surface area is 106 Å². The summed E-state index contributed by atoms with van der Waals surface area (Å²) in [6.45, 7) is 5.10. The molecule has 0 aliphatic rings. The molecule has 0 saturated carbocycles. The second-order valence-electron chi connectivity index (χ2n) is 4.03. The average molecular weight is 247 g/mol. The summed E-state index contributed by atoms with van der Waals surface area (Å²) < 4.78 is 0. The number of hydrogen-bond donors (Lipinski definition) is 1. The van der Waals surface area contributed by atoms with Crippen molar-refractivity contribution in [2.24, 2.45) is 0 Å². The number of rotatable bonds is 5. The van der Waals surface area contributed by atoms with Gasteiger partial charge in [0.25, 0.3) is 0 Å². The van der Waals surface area contributed by atoms with Crippen molar-refractivity contribution in [1.82, 2.24) is 15.3 Å². The van der Waals surface area contributed by atoms with Crippen molar-refractivity contribution >= 4 is 11.3 Å². The fourth-order valence-corrected chi connectivity index (χ4v) is 2.36. The van der Waals surface area contributed by atoms with E-state index in [0.717, 1.165) is 24.4 Å². The van der Waals surface area contributed by atoms with Crippen LogP contribution in [0.4, 0.5) is 0 Å². The van der Waals surface area contributed by atoms with Crippen molar-refractivity contribution in [3.8, 4) is 0 Å². The van der Waals surface area contributed by atoms with Gasteiger partial charge in [0.15, 0.2) is 0 Å². The highest BCUT2D eigenvalue weighted by Gasteiger charge is 2.15. The topological polar surface area (TPSA) is 37.8 Å². The van der Waals surface area contributed by atoms with Crippen LogP contribution in [-0.4, -0.2) is 16.5 Å². The van der Waals surface area contributed by atoms with Gasteiger partial charge in [0.1, 0.15) is 0 Å². The van der Waals surface area contributed by atoms with Gasteiger partial charge in [-0.05, 0) is 42.3 Å². The molecule has 0 spiro atoms. The van der Waals surface area contributed by atoms with Gasteiger partial charge in [-0.15, -0.1) is 0 Å². The normalized spacial score (nSPS) is 12.6. The van der Waals surface area contributed by atoms with Crippen molar-refractivity contribution in [1.29, 1.82) is 0 Å². The molecule has 1 unspecified atom stereocenters. The molecule has 2 aromatic rings. The van der Waals surface area contributed by atoms with E-state index < -0.39 is 0 Å². The first-order valence-electron chi connectivity index (χ1n) is 5.85. The molecule has 2 heterocycles. The highest BCUT2D eigenvalue weighted by molar-refractivity contribution is 7.08. The van der Waals surface area contributed by atoms with Gasteiger partial charge >= 0.3 is 0 Å². The van der Waals surface area contributed by atoms with Crippen LogP contribution in [0.1, 0.15) is 36.3 Å². The second kappa shape index (κ2) is 5.89. The summed E-state index contributed by atoms with van der Waals surface area (Å²) in [6, 6.07) is 2.30.